The van der Waals surface area contributed by atoms with Crippen LogP contribution in [0, 0.1) is 0 Å². The molecule has 1 aromatic carbocycles. The second-order valence-electron chi connectivity index (χ2n) is 4.86. The molecule has 2 nitrogen and oxygen atoms in total. The van der Waals surface area contributed by atoms with Crippen molar-refractivity contribution in [3.05, 3.63) is 30.3 Å². The smallest absolute Gasteiger partial charge is 0.119 e. The van der Waals surface area contributed by atoms with Gasteiger partial charge >= 0.3 is 0 Å². The van der Waals surface area contributed by atoms with Gasteiger partial charge in [-0.25, -0.2) is 0 Å². The topological polar surface area (TPSA) is 21.3 Å². The first kappa shape index (κ1) is 13.0. The number of rotatable bonds is 6. The highest BCUT2D eigenvalue weighted by Gasteiger charge is 2.15. The lowest BCUT2D eigenvalue weighted by atomic mass is 10.0. The van der Waals surface area contributed by atoms with Crippen LogP contribution in [0.25, 0.3) is 0 Å². The van der Waals surface area contributed by atoms with Crippen molar-refractivity contribution in [2.24, 2.45) is 0 Å². The molecular weight excluding hydrogens is 198 g/mol. The Morgan fingerprint density at radius 2 is 1.88 bits per heavy atom. The van der Waals surface area contributed by atoms with Crippen LogP contribution in [0.3, 0.4) is 0 Å². The van der Waals surface area contributed by atoms with Gasteiger partial charge in [-0.1, -0.05) is 25.1 Å². The van der Waals surface area contributed by atoms with Crippen molar-refractivity contribution in [1.29, 1.82) is 0 Å². The Hall–Kier alpha value is -1.02. The van der Waals surface area contributed by atoms with Crippen molar-refractivity contribution in [3.8, 4) is 5.75 Å². The van der Waals surface area contributed by atoms with Gasteiger partial charge < -0.3 is 10.1 Å². The number of para-hydroxylation sites is 1. The predicted molar refractivity (Wildman–Crippen MR) is 68.9 cm³/mol. The molecule has 0 spiro atoms. The van der Waals surface area contributed by atoms with Crippen LogP contribution in [-0.2, 0) is 0 Å². The summed E-state index contributed by atoms with van der Waals surface area (Å²) >= 11 is 0. The number of benzene rings is 1. The van der Waals surface area contributed by atoms with E-state index in [1.165, 1.54) is 0 Å². The van der Waals surface area contributed by atoms with Crippen molar-refractivity contribution >= 4 is 0 Å². The molecule has 2 heteroatoms. The van der Waals surface area contributed by atoms with Gasteiger partial charge in [0, 0.05) is 12.1 Å². The maximum atomic E-state index is 5.79. The SMILES string of the molecule is CCC(C)(C)NCC(C)Oc1ccccc1. The summed E-state index contributed by atoms with van der Waals surface area (Å²) in [5.41, 5.74) is 0.189. The molecule has 16 heavy (non-hydrogen) atoms. The fourth-order valence-electron chi connectivity index (χ4n) is 1.32. The van der Waals surface area contributed by atoms with Crippen LogP contribution in [0.15, 0.2) is 30.3 Å². The van der Waals surface area contributed by atoms with E-state index >= 15 is 0 Å². The minimum Gasteiger partial charge on any atom is -0.489 e. The predicted octanol–water partition coefficient (Wildman–Crippen LogP) is 3.23. The molecule has 1 aromatic rings. The molecule has 1 N–H and O–H groups in total. The summed E-state index contributed by atoms with van der Waals surface area (Å²) in [6.45, 7) is 9.57. The van der Waals surface area contributed by atoms with Gasteiger partial charge in [0.2, 0.25) is 0 Å². The van der Waals surface area contributed by atoms with Gasteiger partial charge in [0.15, 0.2) is 0 Å². The molecule has 0 aliphatic heterocycles. The molecule has 90 valence electrons. The zero-order chi connectivity index (χ0) is 12.0. The normalized spacial score (nSPS) is 13.5. The van der Waals surface area contributed by atoms with E-state index in [2.05, 4.69) is 33.0 Å². The van der Waals surface area contributed by atoms with E-state index in [9.17, 15) is 0 Å². The fourth-order valence-corrected chi connectivity index (χ4v) is 1.32. The molecule has 0 radical (unpaired) electrons. The molecule has 1 rings (SSSR count). The van der Waals surface area contributed by atoms with E-state index < -0.39 is 0 Å². The van der Waals surface area contributed by atoms with Crippen LogP contribution in [0.4, 0.5) is 0 Å². The quantitative estimate of drug-likeness (QED) is 0.796. The molecule has 0 aliphatic carbocycles. The molecule has 0 aliphatic rings. The summed E-state index contributed by atoms with van der Waals surface area (Å²) in [6.07, 6.45) is 1.30. The number of hydrogen-bond donors (Lipinski definition) is 1. The summed E-state index contributed by atoms with van der Waals surface area (Å²) in [6, 6.07) is 9.95. The third kappa shape index (κ3) is 4.67. The van der Waals surface area contributed by atoms with Crippen LogP contribution in [0.5, 0.6) is 5.75 Å². The average Bonchev–Trinajstić information content (AvgIpc) is 2.28. The average molecular weight is 221 g/mol. The first-order valence-electron chi connectivity index (χ1n) is 6.00. The van der Waals surface area contributed by atoms with Crippen molar-refractivity contribution in [2.75, 3.05) is 6.54 Å². The Kier molecular flexibility index (Phi) is 4.81. The minimum atomic E-state index is 0.188. The molecule has 0 amide bonds. The molecule has 0 saturated heterocycles. The van der Waals surface area contributed by atoms with E-state index in [4.69, 9.17) is 4.74 Å². The van der Waals surface area contributed by atoms with Gasteiger partial charge in [0.25, 0.3) is 0 Å². The Balaban J connectivity index is 2.34. The molecule has 0 heterocycles. The first-order valence-corrected chi connectivity index (χ1v) is 6.00. The largest absolute Gasteiger partial charge is 0.489 e. The molecule has 0 saturated carbocycles. The Labute approximate surface area is 99.0 Å². The highest BCUT2D eigenvalue weighted by Crippen LogP contribution is 2.11. The third-order valence-corrected chi connectivity index (χ3v) is 2.83. The van der Waals surface area contributed by atoms with Gasteiger partial charge in [-0.15, -0.1) is 0 Å². The van der Waals surface area contributed by atoms with E-state index in [1.807, 2.05) is 30.3 Å². The van der Waals surface area contributed by atoms with E-state index in [-0.39, 0.29) is 11.6 Å². The molecule has 0 aromatic heterocycles. The van der Waals surface area contributed by atoms with Crippen molar-refractivity contribution < 1.29 is 4.74 Å². The maximum Gasteiger partial charge on any atom is 0.119 e. The van der Waals surface area contributed by atoms with Crippen molar-refractivity contribution in [3.63, 3.8) is 0 Å². The summed E-state index contributed by atoms with van der Waals surface area (Å²) < 4.78 is 5.79. The van der Waals surface area contributed by atoms with Crippen molar-refractivity contribution in [1.82, 2.24) is 5.32 Å². The Bertz CT molecular complexity index is 295. The van der Waals surface area contributed by atoms with E-state index in [0.29, 0.717) is 0 Å². The lowest BCUT2D eigenvalue weighted by Gasteiger charge is -2.27. The zero-order valence-corrected chi connectivity index (χ0v) is 10.8. The molecule has 1 unspecified atom stereocenters. The summed E-state index contributed by atoms with van der Waals surface area (Å²) in [5.74, 6) is 0.936. The van der Waals surface area contributed by atoms with Crippen LogP contribution in [0.1, 0.15) is 34.1 Å². The van der Waals surface area contributed by atoms with Crippen LogP contribution in [0.2, 0.25) is 0 Å². The standard InChI is InChI=1S/C14H23NO/c1-5-14(3,4)15-11-12(2)16-13-9-7-6-8-10-13/h6-10,12,15H,5,11H2,1-4H3. The first-order chi connectivity index (χ1) is 7.53. The maximum absolute atomic E-state index is 5.79. The van der Waals surface area contributed by atoms with Gasteiger partial charge in [0.1, 0.15) is 11.9 Å². The Morgan fingerprint density at radius 3 is 2.44 bits per heavy atom. The molecule has 1 atom stereocenters. The lowest BCUT2D eigenvalue weighted by molar-refractivity contribution is 0.199. The highest BCUT2D eigenvalue weighted by atomic mass is 16.5. The van der Waals surface area contributed by atoms with Crippen LogP contribution < -0.4 is 10.1 Å². The lowest BCUT2D eigenvalue weighted by Crippen LogP contribution is -2.43. The monoisotopic (exact) mass is 221 g/mol. The highest BCUT2D eigenvalue weighted by molar-refractivity contribution is 5.21. The van der Waals surface area contributed by atoms with E-state index in [0.717, 1.165) is 18.7 Å². The summed E-state index contributed by atoms with van der Waals surface area (Å²) in [4.78, 5) is 0. The fraction of sp³-hybridized carbons (Fsp3) is 0.571. The summed E-state index contributed by atoms with van der Waals surface area (Å²) in [7, 11) is 0. The van der Waals surface area contributed by atoms with Gasteiger partial charge in [-0.3, -0.25) is 0 Å². The molecule has 0 bridgehead atoms. The second-order valence-corrected chi connectivity index (χ2v) is 4.86. The third-order valence-electron chi connectivity index (χ3n) is 2.83. The Morgan fingerprint density at radius 1 is 1.25 bits per heavy atom. The molecular formula is C14H23NO. The number of nitrogens with one attached hydrogen (secondary N) is 1. The van der Waals surface area contributed by atoms with Gasteiger partial charge in [0.05, 0.1) is 0 Å². The number of hydrogen-bond acceptors (Lipinski definition) is 2. The second kappa shape index (κ2) is 5.90. The van der Waals surface area contributed by atoms with Crippen molar-refractivity contribution in [2.45, 2.75) is 45.8 Å². The minimum absolute atomic E-state index is 0.188. The zero-order valence-electron chi connectivity index (χ0n) is 10.8. The summed E-state index contributed by atoms with van der Waals surface area (Å²) in [5, 5.41) is 3.50. The van der Waals surface area contributed by atoms with Crippen LogP contribution in [-0.4, -0.2) is 18.2 Å². The van der Waals surface area contributed by atoms with Gasteiger partial charge in [-0.2, -0.15) is 0 Å². The molecule has 0 fully saturated rings. The van der Waals surface area contributed by atoms with Crippen LogP contribution >= 0.6 is 0 Å². The number of ether oxygens (including phenoxy) is 1. The van der Waals surface area contributed by atoms with E-state index in [1.54, 1.807) is 0 Å². The van der Waals surface area contributed by atoms with Gasteiger partial charge in [-0.05, 0) is 39.3 Å².